The fourth-order valence-electron chi connectivity index (χ4n) is 2.73. The summed E-state index contributed by atoms with van der Waals surface area (Å²) in [7, 11) is 1.41. The Morgan fingerprint density at radius 3 is 2.68 bits per heavy atom. The van der Waals surface area contributed by atoms with Crippen LogP contribution in [0.4, 0.5) is 0 Å². The van der Waals surface area contributed by atoms with Gasteiger partial charge in [0.05, 0.1) is 19.0 Å². The van der Waals surface area contributed by atoms with Crippen molar-refractivity contribution >= 4 is 23.7 Å². The number of carbonyl (C=O) groups is 1. The van der Waals surface area contributed by atoms with Crippen molar-refractivity contribution in [3.63, 3.8) is 0 Å². The fraction of sp³-hybridized carbons (Fsp3) is 0.0952. The lowest BCUT2D eigenvalue weighted by Crippen LogP contribution is -2.31. The molecule has 0 saturated heterocycles. The van der Waals surface area contributed by atoms with Gasteiger partial charge in [0.15, 0.2) is 17.2 Å². The molecule has 9 nitrogen and oxygen atoms in total. The maximum atomic E-state index is 12.7. The third kappa shape index (κ3) is 4.39. The first kappa shape index (κ1) is 21.5. The number of para-hydroxylation sites is 1. The maximum absolute atomic E-state index is 12.7. The molecule has 0 radical (unpaired) electrons. The first-order chi connectivity index (χ1) is 14.9. The van der Waals surface area contributed by atoms with Gasteiger partial charge in [-0.3, -0.25) is 9.59 Å². The molecule has 1 heterocycles. The minimum Gasteiger partial charge on any atom is -0.504 e. The van der Waals surface area contributed by atoms with Crippen molar-refractivity contribution in [2.24, 2.45) is 5.10 Å². The van der Waals surface area contributed by atoms with Gasteiger partial charge in [-0.2, -0.15) is 20.1 Å². The number of amides is 1. The second-order valence-corrected chi connectivity index (χ2v) is 6.69. The van der Waals surface area contributed by atoms with Crippen LogP contribution < -0.4 is 15.7 Å². The summed E-state index contributed by atoms with van der Waals surface area (Å²) in [5.41, 5.74) is 2.02. The molecular formula is C21H16ClN5O4. The van der Waals surface area contributed by atoms with Gasteiger partial charge in [0, 0.05) is 16.1 Å². The fourth-order valence-corrected chi connectivity index (χ4v) is 2.86. The van der Waals surface area contributed by atoms with E-state index < -0.39 is 11.5 Å². The minimum absolute atomic E-state index is 0.120. The van der Waals surface area contributed by atoms with E-state index in [1.807, 2.05) is 6.07 Å². The molecule has 0 fully saturated rings. The Morgan fingerprint density at radius 1 is 1.32 bits per heavy atom. The average Bonchev–Trinajstić information content (AvgIpc) is 2.76. The molecule has 0 saturated carbocycles. The van der Waals surface area contributed by atoms with Gasteiger partial charge in [0.1, 0.15) is 11.6 Å². The molecule has 2 N–H and O–H groups in total. The number of benzene rings is 2. The van der Waals surface area contributed by atoms with Crippen LogP contribution in [0.25, 0.3) is 5.69 Å². The molecule has 0 aliphatic rings. The van der Waals surface area contributed by atoms with Crippen LogP contribution in [0.5, 0.6) is 11.5 Å². The molecule has 31 heavy (non-hydrogen) atoms. The molecule has 3 aromatic rings. The number of nitrogens with one attached hydrogen (secondary N) is 1. The van der Waals surface area contributed by atoms with Crippen LogP contribution in [0.15, 0.2) is 52.4 Å². The lowest BCUT2D eigenvalue weighted by molar-refractivity contribution is 0.0947. The number of hydrazone groups is 1. The van der Waals surface area contributed by atoms with Gasteiger partial charge in [0.2, 0.25) is 0 Å². The number of hydrogen-bond acceptors (Lipinski definition) is 7. The molecule has 1 amide bonds. The summed E-state index contributed by atoms with van der Waals surface area (Å²) in [6, 6.07) is 12.8. The number of carbonyl (C=O) groups excluding carboxylic acids is 1. The molecule has 156 valence electrons. The van der Waals surface area contributed by atoms with Crippen molar-refractivity contribution in [2.45, 2.75) is 6.92 Å². The van der Waals surface area contributed by atoms with Crippen LogP contribution >= 0.6 is 11.6 Å². The molecule has 0 bridgehead atoms. The van der Waals surface area contributed by atoms with Crippen LogP contribution in [0.2, 0.25) is 5.02 Å². The maximum Gasteiger partial charge on any atom is 0.292 e. The van der Waals surface area contributed by atoms with Crippen LogP contribution in [-0.2, 0) is 0 Å². The number of hydrogen-bond donors (Lipinski definition) is 2. The molecule has 0 unspecified atom stereocenters. The quantitative estimate of drug-likeness (QED) is 0.466. The van der Waals surface area contributed by atoms with E-state index in [4.69, 9.17) is 16.3 Å². The standard InChI is InChI=1S/C21H16ClN5O4/c1-12-16(10-23)21(30)27(15-8-6-14(22)7-9-15)26-18(12)20(29)25-24-11-13-4-3-5-17(31-2)19(13)28/h3-9,11,28H,1-2H3,(H,25,29)/b24-11+. The topological polar surface area (TPSA) is 130 Å². The zero-order chi connectivity index (χ0) is 22.5. The van der Waals surface area contributed by atoms with E-state index in [0.717, 1.165) is 4.68 Å². The third-order valence-electron chi connectivity index (χ3n) is 4.35. The van der Waals surface area contributed by atoms with Crippen LogP contribution in [0.3, 0.4) is 0 Å². The third-order valence-corrected chi connectivity index (χ3v) is 4.61. The van der Waals surface area contributed by atoms with Gasteiger partial charge in [0.25, 0.3) is 11.5 Å². The molecule has 0 aliphatic carbocycles. The summed E-state index contributed by atoms with van der Waals surface area (Å²) in [6.07, 6.45) is 1.23. The number of aromatic nitrogens is 2. The second kappa shape index (κ2) is 9.11. The molecule has 1 aromatic heterocycles. The first-order valence-electron chi connectivity index (χ1n) is 8.86. The van der Waals surface area contributed by atoms with Crippen molar-refractivity contribution in [1.82, 2.24) is 15.2 Å². The van der Waals surface area contributed by atoms with Gasteiger partial charge in [-0.25, -0.2) is 5.43 Å². The van der Waals surface area contributed by atoms with Gasteiger partial charge < -0.3 is 9.84 Å². The van der Waals surface area contributed by atoms with Crippen molar-refractivity contribution in [2.75, 3.05) is 7.11 Å². The van der Waals surface area contributed by atoms with E-state index >= 15 is 0 Å². The zero-order valence-electron chi connectivity index (χ0n) is 16.5. The molecular weight excluding hydrogens is 422 g/mol. The van der Waals surface area contributed by atoms with E-state index in [2.05, 4.69) is 15.6 Å². The highest BCUT2D eigenvalue weighted by molar-refractivity contribution is 6.30. The predicted octanol–water partition coefficient (Wildman–Crippen LogP) is 2.54. The smallest absolute Gasteiger partial charge is 0.292 e. The van der Waals surface area contributed by atoms with E-state index in [1.165, 1.54) is 20.2 Å². The Morgan fingerprint density at radius 2 is 2.03 bits per heavy atom. The average molecular weight is 438 g/mol. The number of halogens is 1. The molecule has 0 atom stereocenters. The number of ether oxygens (including phenoxy) is 1. The number of aromatic hydroxyl groups is 1. The monoisotopic (exact) mass is 437 g/mol. The summed E-state index contributed by atoms with van der Waals surface area (Å²) in [4.78, 5) is 25.3. The highest BCUT2D eigenvalue weighted by Crippen LogP contribution is 2.27. The molecule has 2 aromatic carbocycles. The van der Waals surface area contributed by atoms with Crippen molar-refractivity contribution in [1.29, 1.82) is 5.26 Å². The number of nitriles is 1. The highest BCUT2D eigenvalue weighted by Gasteiger charge is 2.20. The zero-order valence-corrected chi connectivity index (χ0v) is 17.2. The van der Waals surface area contributed by atoms with Gasteiger partial charge in [-0.15, -0.1) is 0 Å². The van der Waals surface area contributed by atoms with E-state index in [-0.39, 0.29) is 28.3 Å². The number of rotatable bonds is 5. The Labute approximate surface area is 181 Å². The number of methoxy groups -OCH3 is 1. The number of phenols is 1. The molecule has 3 rings (SSSR count). The summed E-state index contributed by atoms with van der Waals surface area (Å²) in [5.74, 6) is -0.628. The SMILES string of the molecule is COc1cccc(/C=N/NC(=O)c2nn(-c3ccc(Cl)cc3)c(=O)c(C#N)c2C)c1O. The van der Waals surface area contributed by atoms with Crippen molar-refractivity contribution < 1.29 is 14.6 Å². The largest absolute Gasteiger partial charge is 0.504 e. The van der Waals surface area contributed by atoms with Gasteiger partial charge >= 0.3 is 0 Å². The van der Waals surface area contributed by atoms with Crippen molar-refractivity contribution in [3.05, 3.63) is 80.2 Å². The van der Waals surface area contributed by atoms with Crippen LogP contribution in [0, 0.1) is 18.3 Å². The normalized spacial score (nSPS) is 10.6. The molecule has 10 heteroatoms. The summed E-state index contributed by atoms with van der Waals surface area (Å²) in [6.45, 7) is 1.45. The highest BCUT2D eigenvalue weighted by atomic mass is 35.5. The summed E-state index contributed by atoms with van der Waals surface area (Å²) in [5, 5.41) is 27.9. The Hall–Kier alpha value is -4.16. The van der Waals surface area contributed by atoms with E-state index in [1.54, 1.807) is 42.5 Å². The number of phenolic OH excluding ortho intramolecular Hbond substituents is 1. The predicted molar refractivity (Wildman–Crippen MR) is 114 cm³/mol. The minimum atomic E-state index is -0.740. The molecule has 0 spiro atoms. The first-order valence-corrected chi connectivity index (χ1v) is 9.24. The second-order valence-electron chi connectivity index (χ2n) is 6.25. The number of nitrogens with zero attached hydrogens (tertiary/aromatic N) is 4. The summed E-state index contributed by atoms with van der Waals surface area (Å²) < 4.78 is 5.97. The summed E-state index contributed by atoms with van der Waals surface area (Å²) >= 11 is 5.88. The van der Waals surface area contributed by atoms with Gasteiger partial charge in [-0.05, 0) is 43.3 Å². The Balaban J connectivity index is 1.96. The van der Waals surface area contributed by atoms with Crippen LogP contribution in [-0.4, -0.2) is 34.1 Å². The van der Waals surface area contributed by atoms with Crippen molar-refractivity contribution in [3.8, 4) is 23.3 Å². The lowest BCUT2D eigenvalue weighted by Gasteiger charge is -2.10. The Bertz CT molecular complexity index is 1280. The van der Waals surface area contributed by atoms with E-state index in [0.29, 0.717) is 16.3 Å². The van der Waals surface area contributed by atoms with Crippen LogP contribution in [0.1, 0.15) is 27.2 Å². The van der Waals surface area contributed by atoms with Gasteiger partial charge in [-0.1, -0.05) is 17.7 Å². The molecule has 0 aliphatic heterocycles. The van der Waals surface area contributed by atoms with E-state index in [9.17, 15) is 20.0 Å². The Kier molecular flexibility index (Phi) is 6.33. The lowest BCUT2D eigenvalue weighted by atomic mass is 10.1.